The van der Waals surface area contributed by atoms with Crippen molar-refractivity contribution in [3.63, 3.8) is 0 Å². The van der Waals surface area contributed by atoms with Crippen LogP contribution < -0.4 is 10.1 Å². The van der Waals surface area contributed by atoms with Gasteiger partial charge in [-0.05, 0) is 31.4 Å². The molecule has 0 saturated heterocycles. The third kappa shape index (κ3) is 3.64. The summed E-state index contributed by atoms with van der Waals surface area (Å²) in [7, 11) is 0. The van der Waals surface area contributed by atoms with E-state index in [1.165, 1.54) is 11.3 Å². The van der Waals surface area contributed by atoms with Gasteiger partial charge < -0.3 is 15.2 Å². The van der Waals surface area contributed by atoms with Gasteiger partial charge in [-0.2, -0.15) is 5.26 Å². The van der Waals surface area contributed by atoms with Gasteiger partial charge in [0.2, 0.25) is 0 Å². The topological polar surface area (TPSA) is 99.4 Å². The Balaban J connectivity index is 1.76. The van der Waals surface area contributed by atoms with Crippen LogP contribution in [0.5, 0.6) is 5.75 Å². The van der Waals surface area contributed by atoms with Gasteiger partial charge in [-0.3, -0.25) is 9.59 Å². The van der Waals surface area contributed by atoms with Crippen molar-refractivity contribution in [3.8, 4) is 11.8 Å². The molecule has 7 heteroatoms. The number of nitrogens with zero attached hydrogens (tertiary/aromatic N) is 1. The summed E-state index contributed by atoms with van der Waals surface area (Å²) in [4.78, 5) is 24.5. The number of aliphatic carboxylic acids is 1. The van der Waals surface area contributed by atoms with Crippen molar-refractivity contribution in [1.82, 2.24) is 0 Å². The molecule has 25 heavy (non-hydrogen) atoms. The van der Waals surface area contributed by atoms with Crippen LogP contribution in [0, 0.1) is 11.3 Å². The molecule has 0 spiro atoms. The number of rotatable bonds is 5. The number of hydrogen-bond acceptors (Lipinski definition) is 5. The van der Waals surface area contributed by atoms with E-state index >= 15 is 0 Å². The van der Waals surface area contributed by atoms with E-state index in [9.17, 15) is 20.0 Å². The van der Waals surface area contributed by atoms with Crippen molar-refractivity contribution >= 4 is 28.2 Å². The first-order valence-electron chi connectivity index (χ1n) is 7.86. The largest absolute Gasteiger partial charge is 0.484 e. The molecule has 2 aromatic rings. The molecule has 0 bridgehead atoms. The maximum absolute atomic E-state index is 12.1. The average molecular weight is 356 g/mol. The Kier molecular flexibility index (Phi) is 5.00. The number of para-hydroxylation sites is 1. The summed E-state index contributed by atoms with van der Waals surface area (Å²) in [6, 6.07) is 11.0. The van der Waals surface area contributed by atoms with Crippen LogP contribution in [-0.2, 0) is 16.0 Å². The molecule has 0 aliphatic heterocycles. The van der Waals surface area contributed by atoms with Crippen LogP contribution in [0.25, 0.3) is 0 Å². The van der Waals surface area contributed by atoms with Crippen LogP contribution in [0.1, 0.15) is 34.8 Å². The van der Waals surface area contributed by atoms with Gasteiger partial charge >= 0.3 is 5.97 Å². The van der Waals surface area contributed by atoms with Crippen LogP contribution in [0.4, 0.5) is 5.00 Å². The quantitative estimate of drug-likeness (QED) is 0.857. The molecule has 1 aliphatic rings. The highest BCUT2D eigenvalue weighted by atomic mass is 32.1. The molecular formula is C18H16N2O4S. The van der Waals surface area contributed by atoms with Gasteiger partial charge in [0, 0.05) is 10.4 Å². The molecule has 0 fully saturated rings. The van der Waals surface area contributed by atoms with E-state index in [1.807, 2.05) is 6.07 Å². The molecule has 1 atom stereocenters. The van der Waals surface area contributed by atoms with E-state index < -0.39 is 11.9 Å². The minimum Gasteiger partial charge on any atom is -0.484 e. The lowest BCUT2D eigenvalue weighted by Gasteiger charge is -2.18. The number of benzene rings is 1. The van der Waals surface area contributed by atoms with Gasteiger partial charge in [-0.25, -0.2) is 0 Å². The Labute approximate surface area is 148 Å². The minimum atomic E-state index is -0.930. The van der Waals surface area contributed by atoms with Gasteiger partial charge in [0.05, 0.1) is 11.5 Å². The molecule has 1 aromatic heterocycles. The smallest absolute Gasteiger partial charge is 0.311 e. The predicted molar refractivity (Wildman–Crippen MR) is 92.9 cm³/mol. The van der Waals surface area contributed by atoms with Crippen LogP contribution in [0.15, 0.2) is 30.3 Å². The van der Waals surface area contributed by atoms with E-state index in [1.54, 1.807) is 24.3 Å². The molecule has 1 aromatic carbocycles. The number of nitrogens with one attached hydrogen (secondary N) is 1. The summed E-state index contributed by atoms with van der Waals surface area (Å²) in [5, 5.41) is 22.0. The highest BCUT2D eigenvalue weighted by Crippen LogP contribution is 2.43. The Morgan fingerprint density at radius 3 is 2.80 bits per heavy atom. The Morgan fingerprint density at radius 1 is 1.36 bits per heavy atom. The molecule has 0 saturated carbocycles. The molecule has 6 nitrogen and oxygen atoms in total. The van der Waals surface area contributed by atoms with Crippen LogP contribution in [-0.4, -0.2) is 23.6 Å². The molecule has 2 N–H and O–H groups in total. The Morgan fingerprint density at radius 2 is 2.12 bits per heavy atom. The predicted octanol–water partition coefficient (Wildman–Crippen LogP) is 3.14. The van der Waals surface area contributed by atoms with Gasteiger partial charge in [0.25, 0.3) is 5.91 Å². The zero-order chi connectivity index (χ0) is 17.8. The number of nitriles is 1. The number of hydrogen-bond donors (Lipinski definition) is 2. The van der Waals surface area contributed by atoms with E-state index in [0.717, 1.165) is 17.7 Å². The summed E-state index contributed by atoms with van der Waals surface area (Å²) >= 11 is 1.28. The van der Waals surface area contributed by atoms with Gasteiger partial charge in [0.15, 0.2) is 6.61 Å². The monoisotopic (exact) mass is 356 g/mol. The number of amides is 1. The second-order valence-electron chi connectivity index (χ2n) is 5.69. The summed E-state index contributed by atoms with van der Waals surface area (Å²) in [6.45, 7) is -0.181. The zero-order valence-electron chi connectivity index (χ0n) is 13.3. The third-order valence-corrected chi connectivity index (χ3v) is 5.22. The maximum Gasteiger partial charge on any atom is 0.311 e. The van der Waals surface area contributed by atoms with E-state index in [2.05, 4.69) is 11.4 Å². The fourth-order valence-electron chi connectivity index (χ4n) is 2.93. The lowest BCUT2D eigenvalue weighted by atomic mass is 9.85. The first-order valence-corrected chi connectivity index (χ1v) is 8.68. The number of anilines is 1. The first-order chi connectivity index (χ1) is 12.1. The highest BCUT2D eigenvalue weighted by molar-refractivity contribution is 7.16. The van der Waals surface area contributed by atoms with E-state index in [-0.39, 0.29) is 18.1 Å². The van der Waals surface area contributed by atoms with Crippen LogP contribution in [0.2, 0.25) is 0 Å². The lowest BCUT2D eigenvalue weighted by molar-refractivity contribution is -0.139. The summed E-state index contributed by atoms with van der Waals surface area (Å²) in [6.07, 6.45) is 2.01. The fraction of sp³-hybridized carbons (Fsp3) is 0.278. The number of carbonyl (C=O) groups is 2. The summed E-state index contributed by atoms with van der Waals surface area (Å²) in [5.74, 6) is -1.41. The molecule has 3 rings (SSSR count). The minimum absolute atomic E-state index is 0.181. The molecular weight excluding hydrogens is 340 g/mol. The van der Waals surface area contributed by atoms with Crippen molar-refractivity contribution in [2.24, 2.45) is 0 Å². The Bertz CT molecular complexity index is 839. The maximum atomic E-state index is 12.1. The Hall–Kier alpha value is -2.85. The second-order valence-corrected chi connectivity index (χ2v) is 6.79. The molecule has 128 valence electrons. The second kappa shape index (κ2) is 7.36. The number of ether oxygens (including phenoxy) is 1. The SMILES string of the molecule is N#Cc1c(NC(=O)COc2ccccc2)sc2c1C(C(=O)O)CCC2. The summed E-state index contributed by atoms with van der Waals surface area (Å²) in [5.41, 5.74) is 0.825. The lowest BCUT2D eigenvalue weighted by Crippen LogP contribution is -2.20. The molecule has 1 unspecified atom stereocenters. The van der Waals surface area contributed by atoms with E-state index in [0.29, 0.717) is 22.7 Å². The van der Waals surface area contributed by atoms with Crippen molar-refractivity contribution in [3.05, 3.63) is 46.3 Å². The molecule has 1 amide bonds. The normalized spacial score (nSPS) is 15.7. The van der Waals surface area contributed by atoms with Gasteiger partial charge in [0.1, 0.15) is 16.8 Å². The number of carboxylic acids is 1. The first kappa shape index (κ1) is 17.0. The van der Waals surface area contributed by atoms with Crippen molar-refractivity contribution < 1.29 is 19.4 Å². The van der Waals surface area contributed by atoms with Crippen molar-refractivity contribution in [2.75, 3.05) is 11.9 Å². The zero-order valence-corrected chi connectivity index (χ0v) is 14.1. The average Bonchev–Trinajstić information content (AvgIpc) is 2.97. The number of carbonyl (C=O) groups excluding carboxylic acids is 1. The standard InChI is InChI=1S/C18H16N2O4S/c19-9-13-16-12(18(22)23)7-4-8-14(16)25-17(13)20-15(21)10-24-11-5-2-1-3-6-11/h1-3,5-6,12H,4,7-8,10H2,(H,20,21)(H,22,23). The number of aryl methyl sites for hydroxylation is 1. The van der Waals surface area contributed by atoms with Crippen molar-refractivity contribution in [2.45, 2.75) is 25.2 Å². The number of fused-ring (bicyclic) bond motifs is 1. The third-order valence-electron chi connectivity index (χ3n) is 4.04. The fourth-order valence-corrected chi connectivity index (χ4v) is 4.20. The van der Waals surface area contributed by atoms with Crippen LogP contribution >= 0.6 is 11.3 Å². The number of thiophene rings is 1. The van der Waals surface area contributed by atoms with Crippen LogP contribution in [0.3, 0.4) is 0 Å². The van der Waals surface area contributed by atoms with Gasteiger partial charge in [-0.15, -0.1) is 11.3 Å². The molecule has 1 aliphatic carbocycles. The highest BCUT2D eigenvalue weighted by Gasteiger charge is 2.33. The van der Waals surface area contributed by atoms with Gasteiger partial charge in [-0.1, -0.05) is 18.2 Å². The number of carboxylic acid groups (broad SMARTS) is 1. The molecule has 0 radical (unpaired) electrons. The molecule has 1 heterocycles. The van der Waals surface area contributed by atoms with E-state index in [4.69, 9.17) is 4.74 Å². The van der Waals surface area contributed by atoms with Crippen molar-refractivity contribution in [1.29, 1.82) is 5.26 Å². The summed E-state index contributed by atoms with van der Waals surface area (Å²) < 4.78 is 5.39.